The minimum atomic E-state index is -0.783. The number of nitro groups is 1. The summed E-state index contributed by atoms with van der Waals surface area (Å²) in [6.07, 6.45) is -0.597. The van der Waals surface area contributed by atoms with Gasteiger partial charge in [-0.1, -0.05) is 0 Å². The van der Waals surface area contributed by atoms with Crippen molar-refractivity contribution < 1.29 is 23.5 Å². The molecule has 20 heavy (non-hydrogen) atoms. The van der Waals surface area contributed by atoms with Crippen LogP contribution in [-0.4, -0.2) is 31.0 Å². The van der Waals surface area contributed by atoms with Crippen molar-refractivity contribution in [2.75, 3.05) is 19.8 Å². The van der Waals surface area contributed by atoms with Crippen molar-refractivity contribution in [3.8, 4) is 5.75 Å². The zero-order valence-electron chi connectivity index (χ0n) is 11.7. The molecule has 0 aliphatic heterocycles. The number of hydrogen-bond donors (Lipinski definition) is 0. The van der Waals surface area contributed by atoms with Crippen molar-refractivity contribution in [2.24, 2.45) is 0 Å². The van der Waals surface area contributed by atoms with Gasteiger partial charge in [0.15, 0.2) is 17.9 Å². The highest BCUT2D eigenvalue weighted by Gasteiger charge is 2.17. The Morgan fingerprint density at radius 3 is 2.40 bits per heavy atom. The first kappa shape index (κ1) is 16.3. The van der Waals surface area contributed by atoms with E-state index in [9.17, 15) is 14.5 Å². The van der Waals surface area contributed by atoms with E-state index in [4.69, 9.17) is 14.2 Å². The fourth-order valence-corrected chi connectivity index (χ4v) is 1.63. The van der Waals surface area contributed by atoms with Gasteiger partial charge in [-0.25, -0.2) is 4.39 Å². The van der Waals surface area contributed by atoms with Gasteiger partial charge in [0.25, 0.3) is 5.69 Å². The van der Waals surface area contributed by atoms with Gasteiger partial charge in [-0.15, -0.1) is 0 Å². The van der Waals surface area contributed by atoms with E-state index in [-0.39, 0.29) is 18.0 Å². The number of nitro benzene ring substituents is 1. The molecule has 0 fully saturated rings. The van der Waals surface area contributed by atoms with Crippen molar-refractivity contribution in [3.05, 3.63) is 33.6 Å². The molecule has 7 heteroatoms. The first-order valence-electron chi connectivity index (χ1n) is 6.30. The van der Waals surface area contributed by atoms with E-state index in [1.165, 1.54) is 13.0 Å². The van der Waals surface area contributed by atoms with Crippen LogP contribution in [-0.2, 0) is 9.47 Å². The summed E-state index contributed by atoms with van der Waals surface area (Å²) in [5, 5.41) is 10.7. The monoisotopic (exact) mass is 287 g/mol. The fraction of sp³-hybridized carbons (Fsp3) is 0.538. The van der Waals surface area contributed by atoms with Crippen LogP contribution in [0, 0.1) is 22.9 Å². The van der Waals surface area contributed by atoms with E-state index >= 15 is 0 Å². The predicted molar refractivity (Wildman–Crippen MR) is 70.3 cm³/mol. The summed E-state index contributed by atoms with van der Waals surface area (Å²) in [6, 6.07) is 2.14. The van der Waals surface area contributed by atoms with Gasteiger partial charge in [-0.05, 0) is 26.8 Å². The van der Waals surface area contributed by atoms with Gasteiger partial charge in [-0.2, -0.15) is 0 Å². The smallest absolute Gasteiger partial charge is 0.275 e. The topological polar surface area (TPSA) is 70.8 Å². The van der Waals surface area contributed by atoms with Crippen LogP contribution in [0.4, 0.5) is 10.1 Å². The number of rotatable bonds is 8. The SMILES string of the molecule is CCOC(COc1cc(C)c([N+](=O)[O-])cc1F)OCC. The summed E-state index contributed by atoms with van der Waals surface area (Å²) >= 11 is 0. The Morgan fingerprint density at radius 1 is 1.30 bits per heavy atom. The number of hydrogen-bond acceptors (Lipinski definition) is 5. The van der Waals surface area contributed by atoms with Crippen LogP contribution >= 0.6 is 0 Å². The van der Waals surface area contributed by atoms with E-state index in [0.29, 0.717) is 18.8 Å². The normalized spacial score (nSPS) is 10.8. The Hall–Kier alpha value is -1.73. The lowest BCUT2D eigenvalue weighted by Gasteiger charge is -2.17. The lowest BCUT2D eigenvalue weighted by Crippen LogP contribution is -2.25. The van der Waals surface area contributed by atoms with E-state index < -0.39 is 17.0 Å². The third kappa shape index (κ3) is 4.43. The van der Waals surface area contributed by atoms with Crippen molar-refractivity contribution in [1.29, 1.82) is 0 Å². The molecule has 0 aliphatic carbocycles. The molecule has 0 saturated carbocycles. The minimum Gasteiger partial charge on any atom is -0.485 e. The molecule has 0 aliphatic rings. The third-order valence-corrected chi connectivity index (χ3v) is 2.53. The van der Waals surface area contributed by atoms with Crippen LogP contribution < -0.4 is 4.74 Å². The Kier molecular flexibility index (Phi) is 6.33. The van der Waals surface area contributed by atoms with Crippen LogP contribution in [0.25, 0.3) is 0 Å². The van der Waals surface area contributed by atoms with E-state index in [0.717, 1.165) is 6.07 Å². The quantitative estimate of drug-likeness (QED) is 0.417. The second-order valence-electron chi connectivity index (χ2n) is 3.98. The Labute approximate surface area is 116 Å². The van der Waals surface area contributed by atoms with Crippen LogP contribution in [0.1, 0.15) is 19.4 Å². The highest BCUT2D eigenvalue weighted by molar-refractivity contribution is 5.45. The van der Waals surface area contributed by atoms with Crippen LogP contribution in [0.2, 0.25) is 0 Å². The van der Waals surface area contributed by atoms with Crippen molar-refractivity contribution in [1.82, 2.24) is 0 Å². The third-order valence-electron chi connectivity index (χ3n) is 2.53. The van der Waals surface area contributed by atoms with Gasteiger partial charge >= 0.3 is 0 Å². The molecule has 1 aromatic rings. The van der Waals surface area contributed by atoms with Crippen molar-refractivity contribution in [3.63, 3.8) is 0 Å². The van der Waals surface area contributed by atoms with Gasteiger partial charge in [0, 0.05) is 18.8 Å². The van der Waals surface area contributed by atoms with Crippen LogP contribution in [0.3, 0.4) is 0 Å². The summed E-state index contributed by atoms with van der Waals surface area (Å²) in [7, 11) is 0. The molecule has 0 amide bonds. The van der Waals surface area contributed by atoms with Gasteiger partial charge < -0.3 is 14.2 Å². The van der Waals surface area contributed by atoms with Gasteiger partial charge in [0.2, 0.25) is 0 Å². The molecule has 6 nitrogen and oxygen atoms in total. The Bertz CT molecular complexity index is 460. The predicted octanol–water partition coefficient (Wildman–Crippen LogP) is 2.82. The molecule has 0 N–H and O–H groups in total. The van der Waals surface area contributed by atoms with Gasteiger partial charge in [0.1, 0.15) is 6.61 Å². The Morgan fingerprint density at radius 2 is 1.90 bits per heavy atom. The highest BCUT2D eigenvalue weighted by atomic mass is 19.1. The largest absolute Gasteiger partial charge is 0.485 e. The molecular weight excluding hydrogens is 269 g/mol. The standard InChI is InChI=1S/C13H18FNO5/c1-4-18-13(19-5-2)8-20-12-6-9(3)11(15(16)17)7-10(12)14/h6-7,13H,4-5,8H2,1-3H3. The summed E-state index contributed by atoms with van der Waals surface area (Å²) in [6.45, 7) is 6.03. The average Bonchev–Trinajstić information content (AvgIpc) is 2.39. The number of nitrogens with zero attached hydrogens (tertiary/aromatic N) is 1. The summed E-state index contributed by atoms with van der Waals surface area (Å²) in [4.78, 5) is 10.0. The lowest BCUT2D eigenvalue weighted by atomic mass is 10.2. The van der Waals surface area contributed by atoms with E-state index in [2.05, 4.69) is 0 Å². The number of aryl methyl sites for hydroxylation is 1. The molecule has 0 bridgehead atoms. The number of halogens is 1. The first-order valence-corrected chi connectivity index (χ1v) is 6.30. The maximum atomic E-state index is 13.7. The highest BCUT2D eigenvalue weighted by Crippen LogP contribution is 2.27. The molecule has 112 valence electrons. The second kappa shape index (κ2) is 7.76. The Balaban J connectivity index is 2.77. The van der Waals surface area contributed by atoms with Crippen molar-refractivity contribution in [2.45, 2.75) is 27.1 Å². The molecule has 0 aromatic heterocycles. The number of ether oxygens (including phenoxy) is 3. The van der Waals surface area contributed by atoms with Gasteiger partial charge in [0.05, 0.1) is 11.0 Å². The second-order valence-corrected chi connectivity index (χ2v) is 3.98. The fourth-order valence-electron chi connectivity index (χ4n) is 1.63. The molecule has 1 aromatic carbocycles. The van der Waals surface area contributed by atoms with Crippen LogP contribution in [0.5, 0.6) is 5.75 Å². The van der Waals surface area contributed by atoms with E-state index in [1.54, 1.807) is 0 Å². The summed E-state index contributed by atoms with van der Waals surface area (Å²) < 4.78 is 29.5. The number of benzene rings is 1. The van der Waals surface area contributed by atoms with E-state index in [1.807, 2.05) is 13.8 Å². The summed E-state index contributed by atoms with van der Waals surface area (Å²) in [5.74, 6) is -0.841. The molecular formula is C13H18FNO5. The molecule has 0 spiro atoms. The zero-order valence-corrected chi connectivity index (χ0v) is 11.7. The first-order chi connectivity index (χ1) is 9.49. The van der Waals surface area contributed by atoms with Crippen LogP contribution in [0.15, 0.2) is 12.1 Å². The molecule has 0 heterocycles. The zero-order chi connectivity index (χ0) is 15.1. The molecule has 0 saturated heterocycles. The van der Waals surface area contributed by atoms with Crippen molar-refractivity contribution >= 4 is 5.69 Å². The molecule has 0 radical (unpaired) electrons. The molecule has 0 atom stereocenters. The summed E-state index contributed by atoms with van der Waals surface area (Å²) in [5.41, 5.74) is 0.0526. The van der Waals surface area contributed by atoms with Gasteiger partial charge in [-0.3, -0.25) is 10.1 Å². The maximum absolute atomic E-state index is 13.7. The lowest BCUT2D eigenvalue weighted by molar-refractivity contribution is -0.385. The average molecular weight is 287 g/mol. The minimum absolute atomic E-state index is 0.00977. The maximum Gasteiger partial charge on any atom is 0.275 e. The molecule has 0 unspecified atom stereocenters. The molecule has 1 rings (SSSR count).